The van der Waals surface area contributed by atoms with Crippen molar-refractivity contribution in [2.24, 2.45) is 11.7 Å². The van der Waals surface area contributed by atoms with Crippen LogP contribution in [0.4, 0.5) is 5.69 Å². The van der Waals surface area contributed by atoms with Crippen molar-refractivity contribution in [3.8, 4) is 0 Å². The van der Waals surface area contributed by atoms with Crippen LogP contribution in [0.2, 0.25) is 0 Å². The van der Waals surface area contributed by atoms with Crippen molar-refractivity contribution in [2.45, 2.75) is 6.04 Å². The number of carbonyl (C=O) groups excluding carboxylic acids is 1. The second-order valence-corrected chi connectivity index (χ2v) is 5.42. The van der Waals surface area contributed by atoms with E-state index in [0.29, 0.717) is 13.2 Å². The van der Waals surface area contributed by atoms with Crippen LogP contribution in [0.15, 0.2) is 29.6 Å². The number of amides is 1. The molecule has 18 heavy (non-hydrogen) atoms. The number of thiophene rings is 1. The number of anilines is 1. The molecule has 1 saturated heterocycles. The minimum absolute atomic E-state index is 0.0606. The molecule has 1 aliphatic rings. The first kappa shape index (κ1) is 11.6. The van der Waals surface area contributed by atoms with Gasteiger partial charge in [0.15, 0.2) is 0 Å². The molecule has 2 atom stereocenters. The standard InChI is InChI=1S/C13H14N2O2S/c14-11-7-17-6-10(11)13(16)15-9-1-2-12-8(5-9)3-4-18-12/h1-5,10-11H,6-7,14H2,(H,15,16). The summed E-state index contributed by atoms with van der Waals surface area (Å²) in [6.07, 6.45) is 0. The first-order valence-electron chi connectivity index (χ1n) is 5.85. The average Bonchev–Trinajstić information content (AvgIpc) is 2.96. The molecule has 1 aromatic carbocycles. The maximum atomic E-state index is 12.0. The minimum atomic E-state index is -0.247. The predicted molar refractivity (Wildman–Crippen MR) is 72.7 cm³/mol. The van der Waals surface area contributed by atoms with Crippen molar-refractivity contribution in [2.75, 3.05) is 18.5 Å². The van der Waals surface area contributed by atoms with E-state index >= 15 is 0 Å². The Labute approximate surface area is 109 Å². The Hall–Kier alpha value is -1.43. The second kappa shape index (κ2) is 4.68. The highest BCUT2D eigenvalue weighted by molar-refractivity contribution is 7.17. The Kier molecular flexibility index (Phi) is 3.03. The minimum Gasteiger partial charge on any atom is -0.379 e. The molecule has 3 N–H and O–H groups in total. The van der Waals surface area contributed by atoms with Crippen LogP contribution in [0.3, 0.4) is 0 Å². The van der Waals surface area contributed by atoms with Gasteiger partial charge >= 0.3 is 0 Å². The number of nitrogens with two attached hydrogens (primary N) is 1. The van der Waals surface area contributed by atoms with E-state index in [1.165, 1.54) is 4.70 Å². The number of nitrogens with one attached hydrogen (secondary N) is 1. The lowest BCUT2D eigenvalue weighted by atomic mass is 10.0. The third-order valence-electron chi connectivity index (χ3n) is 3.18. The number of fused-ring (bicyclic) bond motifs is 1. The summed E-state index contributed by atoms with van der Waals surface area (Å²) in [6.45, 7) is 0.870. The summed E-state index contributed by atoms with van der Waals surface area (Å²) in [5, 5.41) is 6.08. The molecular formula is C13H14N2O2S. The highest BCUT2D eigenvalue weighted by Crippen LogP contribution is 2.24. The van der Waals surface area contributed by atoms with E-state index in [0.717, 1.165) is 11.1 Å². The molecule has 2 aromatic rings. The second-order valence-electron chi connectivity index (χ2n) is 4.47. The summed E-state index contributed by atoms with van der Waals surface area (Å²) in [6, 6.07) is 7.75. The average molecular weight is 262 g/mol. The van der Waals surface area contributed by atoms with Crippen molar-refractivity contribution < 1.29 is 9.53 Å². The smallest absolute Gasteiger partial charge is 0.231 e. The molecule has 1 aromatic heterocycles. The SMILES string of the molecule is NC1COCC1C(=O)Nc1ccc2sccc2c1. The van der Waals surface area contributed by atoms with Crippen LogP contribution < -0.4 is 11.1 Å². The van der Waals surface area contributed by atoms with E-state index in [4.69, 9.17) is 10.5 Å². The quantitative estimate of drug-likeness (QED) is 0.867. The molecule has 1 aliphatic heterocycles. The Morgan fingerprint density at radius 2 is 2.28 bits per heavy atom. The van der Waals surface area contributed by atoms with Gasteiger partial charge in [0.05, 0.1) is 19.1 Å². The van der Waals surface area contributed by atoms with E-state index in [2.05, 4.69) is 5.32 Å². The van der Waals surface area contributed by atoms with E-state index in [1.54, 1.807) is 11.3 Å². The third-order valence-corrected chi connectivity index (χ3v) is 4.08. The van der Waals surface area contributed by atoms with Crippen molar-refractivity contribution in [3.63, 3.8) is 0 Å². The number of benzene rings is 1. The molecule has 5 heteroatoms. The molecular weight excluding hydrogens is 248 g/mol. The van der Waals surface area contributed by atoms with Gasteiger partial charge in [-0.3, -0.25) is 4.79 Å². The largest absolute Gasteiger partial charge is 0.379 e. The van der Waals surface area contributed by atoms with E-state index in [1.807, 2.05) is 29.6 Å². The van der Waals surface area contributed by atoms with Crippen molar-refractivity contribution in [1.82, 2.24) is 0 Å². The number of ether oxygens (including phenoxy) is 1. The Morgan fingerprint density at radius 1 is 1.39 bits per heavy atom. The zero-order valence-electron chi connectivity index (χ0n) is 9.76. The summed E-state index contributed by atoms with van der Waals surface area (Å²) in [7, 11) is 0. The first-order chi connectivity index (χ1) is 8.74. The van der Waals surface area contributed by atoms with Crippen molar-refractivity contribution in [1.29, 1.82) is 0 Å². The topological polar surface area (TPSA) is 64.3 Å². The van der Waals surface area contributed by atoms with Crippen LogP contribution in [-0.2, 0) is 9.53 Å². The van der Waals surface area contributed by atoms with Crippen LogP contribution >= 0.6 is 11.3 Å². The molecule has 4 nitrogen and oxygen atoms in total. The van der Waals surface area contributed by atoms with Gasteiger partial charge in [-0.2, -0.15) is 0 Å². The van der Waals surface area contributed by atoms with Crippen LogP contribution in [0.25, 0.3) is 10.1 Å². The number of hydrogen-bond acceptors (Lipinski definition) is 4. The molecule has 0 spiro atoms. The van der Waals surface area contributed by atoms with Gasteiger partial charge in [0.2, 0.25) is 5.91 Å². The highest BCUT2D eigenvalue weighted by atomic mass is 32.1. The summed E-state index contributed by atoms with van der Waals surface area (Å²) in [5.41, 5.74) is 6.63. The summed E-state index contributed by atoms with van der Waals surface area (Å²) < 4.78 is 6.42. The number of carbonyl (C=O) groups is 1. The van der Waals surface area contributed by atoms with Crippen molar-refractivity contribution in [3.05, 3.63) is 29.6 Å². The fourth-order valence-corrected chi connectivity index (χ4v) is 2.89. The van der Waals surface area contributed by atoms with E-state index < -0.39 is 0 Å². The maximum Gasteiger partial charge on any atom is 0.231 e. The number of rotatable bonds is 2. The van der Waals surface area contributed by atoms with Gasteiger partial charge in [-0.1, -0.05) is 0 Å². The third kappa shape index (κ3) is 2.12. The van der Waals surface area contributed by atoms with Gasteiger partial charge in [-0.05, 0) is 35.0 Å². The summed E-state index contributed by atoms with van der Waals surface area (Å²) >= 11 is 1.69. The van der Waals surface area contributed by atoms with Crippen LogP contribution in [-0.4, -0.2) is 25.2 Å². The van der Waals surface area contributed by atoms with Crippen LogP contribution in [0, 0.1) is 5.92 Å². The summed E-state index contributed by atoms with van der Waals surface area (Å²) in [4.78, 5) is 12.0. The van der Waals surface area contributed by atoms with Crippen LogP contribution in [0.1, 0.15) is 0 Å². The fraction of sp³-hybridized carbons (Fsp3) is 0.308. The maximum absolute atomic E-state index is 12.0. The summed E-state index contributed by atoms with van der Waals surface area (Å²) in [5.74, 6) is -0.308. The lowest BCUT2D eigenvalue weighted by Crippen LogP contribution is -2.37. The first-order valence-corrected chi connectivity index (χ1v) is 6.73. The van der Waals surface area contributed by atoms with Gasteiger partial charge in [-0.15, -0.1) is 11.3 Å². The van der Waals surface area contributed by atoms with Gasteiger partial charge in [0.1, 0.15) is 0 Å². The molecule has 2 heterocycles. The molecule has 94 valence electrons. The normalized spacial score (nSPS) is 23.4. The zero-order chi connectivity index (χ0) is 12.5. The molecule has 1 amide bonds. The molecule has 2 unspecified atom stereocenters. The predicted octanol–water partition coefficient (Wildman–Crippen LogP) is 1.81. The molecule has 0 bridgehead atoms. The molecule has 0 radical (unpaired) electrons. The van der Waals surface area contributed by atoms with Crippen molar-refractivity contribution >= 4 is 33.0 Å². The molecule has 3 rings (SSSR count). The monoisotopic (exact) mass is 262 g/mol. The molecule has 1 fully saturated rings. The fourth-order valence-electron chi connectivity index (χ4n) is 2.12. The van der Waals surface area contributed by atoms with Gasteiger partial charge in [0, 0.05) is 16.4 Å². The van der Waals surface area contributed by atoms with Crippen LogP contribution in [0.5, 0.6) is 0 Å². The molecule has 0 aliphatic carbocycles. The Balaban J connectivity index is 1.77. The molecule has 0 saturated carbocycles. The Bertz CT molecular complexity index is 581. The van der Waals surface area contributed by atoms with E-state index in [9.17, 15) is 4.79 Å². The van der Waals surface area contributed by atoms with Gasteiger partial charge in [0.25, 0.3) is 0 Å². The Morgan fingerprint density at radius 3 is 3.06 bits per heavy atom. The highest BCUT2D eigenvalue weighted by Gasteiger charge is 2.31. The van der Waals surface area contributed by atoms with E-state index in [-0.39, 0.29) is 17.9 Å². The van der Waals surface area contributed by atoms with Gasteiger partial charge in [-0.25, -0.2) is 0 Å². The lowest BCUT2D eigenvalue weighted by molar-refractivity contribution is -0.120. The number of hydrogen-bond donors (Lipinski definition) is 2. The zero-order valence-corrected chi connectivity index (χ0v) is 10.6. The van der Waals surface area contributed by atoms with Gasteiger partial charge < -0.3 is 15.8 Å². The lowest BCUT2D eigenvalue weighted by Gasteiger charge is -2.13.